The van der Waals surface area contributed by atoms with Crippen LogP contribution in [0.5, 0.6) is 5.88 Å². The van der Waals surface area contributed by atoms with E-state index in [0.717, 1.165) is 16.8 Å². The topological polar surface area (TPSA) is 51.2 Å². The number of anilines is 1. The van der Waals surface area contributed by atoms with E-state index in [1.807, 2.05) is 39.0 Å². The lowest BCUT2D eigenvalue weighted by atomic mass is 10.1. The van der Waals surface area contributed by atoms with Crippen molar-refractivity contribution in [2.24, 2.45) is 0 Å². The minimum Gasteiger partial charge on any atom is -0.477 e. The maximum Gasteiger partial charge on any atom is 0.261 e. The third kappa shape index (κ3) is 2.96. The van der Waals surface area contributed by atoms with Gasteiger partial charge in [0.25, 0.3) is 5.91 Å². The van der Waals surface area contributed by atoms with Crippen molar-refractivity contribution in [2.75, 3.05) is 11.9 Å². The lowest BCUT2D eigenvalue weighted by Gasteiger charge is -2.12. The van der Waals surface area contributed by atoms with Crippen molar-refractivity contribution in [3.8, 4) is 5.88 Å². The Morgan fingerprint density at radius 3 is 2.80 bits per heavy atom. The molecule has 20 heavy (non-hydrogen) atoms. The van der Waals surface area contributed by atoms with Gasteiger partial charge in [-0.1, -0.05) is 12.1 Å². The van der Waals surface area contributed by atoms with E-state index >= 15 is 0 Å². The number of pyridine rings is 1. The van der Waals surface area contributed by atoms with E-state index in [2.05, 4.69) is 10.3 Å². The average Bonchev–Trinajstić information content (AvgIpc) is 2.45. The normalized spacial score (nSPS) is 10.2. The third-order valence-electron chi connectivity index (χ3n) is 3.15. The number of aryl methyl sites for hydroxylation is 1. The zero-order valence-corrected chi connectivity index (χ0v) is 11.9. The summed E-state index contributed by atoms with van der Waals surface area (Å²) in [7, 11) is 0. The van der Waals surface area contributed by atoms with Crippen molar-refractivity contribution in [3.05, 3.63) is 53.2 Å². The molecule has 1 heterocycles. The number of nitrogens with one attached hydrogen (secondary N) is 1. The minimum atomic E-state index is -0.213. The summed E-state index contributed by atoms with van der Waals surface area (Å²) in [6, 6.07) is 9.25. The molecule has 2 aromatic rings. The standard InChI is InChI=1S/C16H18N2O2/c1-4-20-16-13(8-6-10-17-16)15(19)18-14-9-5-7-11(2)12(14)3/h5-10H,4H2,1-3H3,(H,18,19). The molecule has 0 saturated heterocycles. The van der Waals surface area contributed by atoms with Crippen LogP contribution in [0.2, 0.25) is 0 Å². The Morgan fingerprint density at radius 2 is 2.05 bits per heavy atom. The van der Waals surface area contributed by atoms with Gasteiger partial charge >= 0.3 is 0 Å². The number of hydrogen-bond acceptors (Lipinski definition) is 3. The zero-order valence-electron chi connectivity index (χ0n) is 11.9. The number of hydrogen-bond donors (Lipinski definition) is 1. The minimum absolute atomic E-state index is 0.213. The smallest absolute Gasteiger partial charge is 0.261 e. The van der Waals surface area contributed by atoms with Crippen molar-refractivity contribution in [3.63, 3.8) is 0 Å². The van der Waals surface area contributed by atoms with Crippen molar-refractivity contribution in [1.29, 1.82) is 0 Å². The molecule has 0 aliphatic heterocycles. The SMILES string of the molecule is CCOc1ncccc1C(=O)Nc1cccc(C)c1C. The molecule has 1 N–H and O–H groups in total. The van der Waals surface area contributed by atoms with Crippen LogP contribution in [0.25, 0.3) is 0 Å². The van der Waals surface area contributed by atoms with Gasteiger partial charge in [0.1, 0.15) is 5.56 Å². The molecule has 1 aromatic heterocycles. The molecule has 0 aliphatic carbocycles. The van der Waals surface area contributed by atoms with Gasteiger partial charge in [-0.25, -0.2) is 4.98 Å². The second-order valence-electron chi connectivity index (χ2n) is 4.49. The predicted octanol–water partition coefficient (Wildman–Crippen LogP) is 3.35. The third-order valence-corrected chi connectivity index (χ3v) is 3.15. The number of rotatable bonds is 4. The molecule has 4 heteroatoms. The summed E-state index contributed by atoms with van der Waals surface area (Å²) in [6.07, 6.45) is 1.61. The van der Waals surface area contributed by atoms with Crippen LogP contribution in [0, 0.1) is 13.8 Å². The van der Waals surface area contributed by atoms with Crippen molar-refractivity contribution >= 4 is 11.6 Å². The largest absolute Gasteiger partial charge is 0.477 e. The maximum atomic E-state index is 12.3. The van der Waals surface area contributed by atoms with Crippen molar-refractivity contribution in [1.82, 2.24) is 4.98 Å². The molecule has 0 fully saturated rings. The quantitative estimate of drug-likeness (QED) is 0.927. The molecule has 0 bridgehead atoms. The molecule has 0 spiro atoms. The summed E-state index contributed by atoms with van der Waals surface area (Å²) in [6.45, 7) is 6.33. The predicted molar refractivity (Wildman–Crippen MR) is 79.3 cm³/mol. The highest BCUT2D eigenvalue weighted by Gasteiger charge is 2.14. The first kappa shape index (κ1) is 14.1. The number of benzene rings is 1. The van der Waals surface area contributed by atoms with E-state index in [1.54, 1.807) is 18.3 Å². The number of nitrogens with zero attached hydrogens (tertiary/aromatic N) is 1. The molecule has 0 saturated carbocycles. The highest BCUT2D eigenvalue weighted by molar-refractivity contribution is 6.06. The van der Waals surface area contributed by atoms with Gasteiger partial charge in [-0.05, 0) is 50.1 Å². The molecule has 0 aliphatic rings. The Balaban J connectivity index is 2.26. The molecule has 0 atom stereocenters. The summed E-state index contributed by atoms with van der Waals surface area (Å²) in [5.41, 5.74) is 3.44. The van der Waals surface area contributed by atoms with Crippen LogP contribution < -0.4 is 10.1 Å². The first-order chi connectivity index (χ1) is 9.63. The van der Waals surface area contributed by atoms with E-state index in [9.17, 15) is 4.79 Å². The van der Waals surface area contributed by atoms with Crippen LogP contribution in [-0.2, 0) is 0 Å². The maximum absolute atomic E-state index is 12.3. The van der Waals surface area contributed by atoms with Crippen LogP contribution in [0.3, 0.4) is 0 Å². The number of amides is 1. The second kappa shape index (κ2) is 6.19. The molecular weight excluding hydrogens is 252 g/mol. The Labute approximate surface area is 118 Å². The Bertz CT molecular complexity index is 624. The highest BCUT2D eigenvalue weighted by atomic mass is 16.5. The monoisotopic (exact) mass is 270 g/mol. The van der Waals surface area contributed by atoms with Crippen LogP contribution >= 0.6 is 0 Å². The van der Waals surface area contributed by atoms with E-state index in [0.29, 0.717) is 18.1 Å². The summed E-state index contributed by atoms with van der Waals surface area (Å²) in [4.78, 5) is 16.4. The summed E-state index contributed by atoms with van der Waals surface area (Å²) < 4.78 is 5.38. The number of ether oxygens (including phenoxy) is 1. The van der Waals surface area contributed by atoms with Gasteiger partial charge in [0.15, 0.2) is 0 Å². The number of aromatic nitrogens is 1. The van der Waals surface area contributed by atoms with Gasteiger partial charge in [0.05, 0.1) is 6.61 Å². The van der Waals surface area contributed by atoms with Crippen molar-refractivity contribution in [2.45, 2.75) is 20.8 Å². The Morgan fingerprint density at radius 1 is 1.25 bits per heavy atom. The molecular formula is C16H18N2O2. The van der Waals surface area contributed by atoms with E-state index in [1.165, 1.54) is 0 Å². The molecule has 2 rings (SSSR count). The van der Waals surface area contributed by atoms with Gasteiger partial charge in [-0.15, -0.1) is 0 Å². The van der Waals surface area contributed by atoms with Crippen LogP contribution in [0.1, 0.15) is 28.4 Å². The molecule has 0 radical (unpaired) electrons. The van der Waals surface area contributed by atoms with Gasteiger partial charge in [-0.3, -0.25) is 4.79 Å². The zero-order chi connectivity index (χ0) is 14.5. The van der Waals surface area contributed by atoms with Crippen LogP contribution in [0.4, 0.5) is 5.69 Å². The van der Waals surface area contributed by atoms with E-state index < -0.39 is 0 Å². The van der Waals surface area contributed by atoms with Gasteiger partial charge in [0, 0.05) is 11.9 Å². The molecule has 0 unspecified atom stereocenters. The highest BCUT2D eigenvalue weighted by Crippen LogP contribution is 2.21. The molecule has 4 nitrogen and oxygen atoms in total. The summed E-state index contributed by atoms with van der Waals surface area (Å²) >= 11 is 0. The molecule has 1 amide bonds. The van der Waals surface area contributed by atoms with E-state index in [4.69, 9.17) is 4.74 Å². The summed E-state index contributed by atoms with van der Waals surface area (Å²) in [5.74, 6) is 0.146. The number of carbonyl (C=O) groups is 1. The fraction of sp³-hybridized carbons (Fsp3) is 0.250. The van der Waals surface area contributed by atoms with Gasteiger partial charge in [0.2, 0.25) is 5.88 Å². The van der Waals surface area contributed by atoms with Crippen LogP contribution in [-0.4, -0.2) is 17.5 Å². The lowest BCUT2D eigenvalue weighted by molar-refractivity contribution is 0.102. The first-order valence-electron chi connectivity index (χ1n) is 6.59. The van der Waals surface area contributed by atoms with Gasteiger partial charge < -0.3 is 10.1 Å². The molecule has 104 valence electrons. The summed E-state index contributed by atoms with van der Waals surface area (Å²) in [5, 5.41) is 2.91. The fourth-order valence-electron chi connectivity index (χ4n) is 1.89. The van der Waals surface area contributed by atoms with Crippen LogP contribution in [0.15, 0.2) is 36.5 Å². The Kier molecular flexibility index (Phi) is 4.35. The average molecular weight is 270 g/mol. The fourth-order valence-corrected chi connectivity index (χ4v) is 1.89. The Hall–Kier alpha value is -2.36. The van der Waals surface area contributed by atoms with Gasteiger partial charge in [-0.2, -0.15) is 0 Å². The lowest BCUT2D eigenvalue weighted by Crippen LogP contribution is -2.15. The number of carbonyl (C=O) groups excluding carboxylic acids is 1. The van der Waals surface area contributed by atoms with Crippen molar-refractivity contribution < 1.29 is 9.53 Å². The molecule has 1 aromatic carbocycles. The second-order valence-corrected chi connectivity index (χ2v) is 4.49. The van der Waals surface area contributed by atoms with E-state index in [-0.39, 0.29) is 5.91 Å². The first-order valence-corrected chi connectivity index (χ1v) is 6.59.